The van der Waals surface area contributed by atoms with Crippen LogP contribution < -0.4 is 0 Å². The standard InChI is InChI=1S/C24H33FO9S/c1-21-8-5-15(26)11-14(21)3-4-17-16-6-9-23(30,22(16,2)12-18(27)24(17,21)25)19(28)13-34-20(29)7-10-35(31,32)33/h11,16-18,27,30H,3-10,12-13H2,1-2H3,(H,31,32,33)/t16-,17-,18?,21-,22-,23-,24-/m0/s1. The van der Waals surface area contributed by atoms with Gasteiger partial charge in [0.05, 0.1) is 18.3 Å². The van der Waals surface area contributed by atoms with Crippen LogP contribution in [0.5, 0.6) is 0 Å². The Morgan fingerprint density at radius 2 is 1.86 bits per heavy atom. The number of aliphatic hydroxyl groups excluding tert-OH is 1. The molecule has 3 saturated carbocycles. The van der Waals surface area contributed by atoms with Crippen LogP contribution in [0.4, 0.5) is 4.39 Å². The molecule has 0 heterocycles. The van der Waals surface area contributed by atoms with Crippen molar-refractivity contribution in [2.75, 3.05) is 12.4 Å². The summed E-state index contributed by atoms with van der Waals surface area (Å²) in [6, 6.07) is 0. The average Bonchev–Trinajstić information content (AvgIpc) is 3.03. The van der Waals surface area contributed by atoms with E-state index in [-0.39, 0.29) is 25.0 Å². The van der Waals surface area contributed by atoms with Gasteiger partial charge >= 0.3 is 5.97 Å². The van der Waals surface area contributed by atoms with E-state index in [4.69, 9.17) is 9.29 Å². The molecule has 11 heteroatoms. The van der Waals surface area contributed by atoms with Gasteiger partial charge in [-0.15, -0.1) is 0 Å². The maximum absolute atomic E-state index is 17.0. The molecule has 0 spiro atoms. The van der Waals surface area contributed by atoms with E-state index in [0.29, 0.717) is 25.7 Å². The maximum atomic E-state index is 17.0. The lowest BCUT2D eigenvalue weighted by atomic mass is 9.44. The fourth-order valence-corrected chi connectivity index (χ4v) is 8.01. The number of esters is 1. The van der Waals surface area contributed by atoms with Gasteiger partial charge in [0, 0.05) is 23.2 Å². The smallest absolute Gasteiger partial charge is 0.307 e. The zero-order valence-electron chi connectivity index (χ0n) is 20.0. The summed E-state index contributed by atoms with van der Waals surface area (Å²) < 4.78 is 52.2. The third-order valence-corrected chi connectivity index (χ3v) is 10.3. The highest BCUT2D eigenvalue weighted by Gasteiger charge is 2.74. The monoisotopic (exact) mass is 516 g/mol. The van der Waals surface area contributed by atoms with Crippen molar-refractivity contribution in [2.45, 2.75) is 82.6 Å². The van der Waals surface area contributed by atoms with Crippen molar-refractivity contribution in [1.29, 1.82) is 0 Å². The second kappa shape index (κ2) is 8.43. The predicted octanol–water partition coefficient (Wildman–Crippen LogP) is 1.70. The van der Waals surface area contributed by atoms with Gasteiger partial charge in [-0.25, -0.2) is 4.39 Å². The Balaban J connectivity index is 1.56. The van der Waals surface area contributed by atoms with Gasteiger partial charge in [-0.2, -0.15) is 8.42 Å². The number of carbonyl (C=O) groups excluding carboxylic acids is 3. The van der Waals surface area contributed by atoms with E-state index in [1.54, 1.807) is 13.8 Å². The van der Waals surface area contributed by atoms with Crippen LogP contribution in [0.1, 0.15) is 65.2 Å². The molecule has 196 valence electrons. The highest BCUT2D eigenvalue weighted by Crippen LogP contribution is 2.70. The number of Topliss-reactive ketones (excluding diaryl/α,β-unsaturated/α-hetero) is 1. The normalized spacial score (nSPS) is 43.0. The molecule has 4 aliphatic carbocycles. The molecule has 0 aromatic rings. The molecule has 0 radical (unpaired) electrons. The van der Waals surface area contributed by atoms with Crippen LogP contribution in [0.3, 0.4) is 0 Å². The van der Waals surface area contributed by atoms with E-state index in [9.17, 15) is 33.0 Å². The molecule has 4 rings (SSSR count). The van der Waals surface area contributed by atoms with Crippen LogP contribution in [0.15, 0.2) is 11.6 Å². The topological polar surface area (TPSA) is 155 Å². The summed E-state index contributed by atoms with van der Waals surface area (Å²) in [5.41, 5.74) is -5.40. The highest BCUT2D eigenvalue weighted by atomic mass is 32.2. The predicted molar refractivity (Wildman–Crippen MR) is 120 cm³/mol. The first-order chi connectivity index (χ1) is 16.1. The van der Waals surface area contributed by atoms with E-state index in [2.05, 4.69) is 0 Å². The minimum Gasteiger partial charge on any atom is -0.458 e. The van der Waals surface area contributed by atoms with Gasteiger partial charge in [-0.1, -0.05) is 19.4 Å². The van der Waals surface area contributed by atoms with Crippen LogP contribution in [0, 0.1) is 22.7 Å². The van der Waals surface area contributed by atoms with Crippen LogP contribution in [0.25, 0.3) is 0 Å². The van der Waals surface area contributed by atoms with Crippen molar-refractivity contribution in [3.63, 3.8) is 0 Å². The van der Waals surface area contributed by atoms with Gasteiger partial charge in [-0.3, -0.25) is 18.9 Å². The quantitative estimate of drug-likeness (QED) is 0.353. The molecule has 0 aliphatic heterocycles. The summed E-state index contributed by atoms with van der Waals surface area (Å²) in [4.78, 5) is 36.9. The second-order valence-electron chi connectivity index (χ2n) is 11.1. The number of ketones is 2. The number of aliphatic hydroxyl groups is 2. The van der Waals surface area contributed by atoms with Crippen LogP contribution >= 0.6 is 0 Å². The molecule has 1 unspecified atom stereocenters. The molecular weight excluding hydrogens is 483 g/mol. The minimum atomic E-state index is -4.37. The number of hydrogen-bond acceptors (Lipinski definition) is 8. The lowest BCUT2D eigenvalue weighted by Gasteiger charge is -2.63. The molecular formula is C24H33FO9S. The number of halogens is 1. The molecule has 9 nitrogen and oxygen atoms in total. The Morgan fingerprint density at radius 3 is 2.51 bits per heavy atom. The Bertz CT molecular complexity index is 1090. The zero-order chi connectivity index (χ0) is 26.0. The molecule has 0 saturated heterocycles. The molecule has 0 bridgehead atoms. The minimum absolute atomic E-state index is 0.0206. The van der Waals surface area contributed by atoms with E-state index in [1.807, 2.05) is 0 Å². The lowest BCUT2D eigenvalue weighted by Crippen LogP contribution is -2.69. The fraction of sp³-hybridized carbons (Fsp3) is 0.792. The number of fused-ring (bicyclic) bond motifs is 5. The van der Waals surface area contributed by atoms with Gasteiger partial charge in [0.1, 0.15) is 11.3 Å². The van der Waals surface area contributed by atoms with Gasteiger partial charge < -0.3 is 14.9 Å². The van der Waals surface area contributed by atoms with E-state index >= 15 is 4.39 Å². The summed E-state index contributed by atoms with van der Waals surface area (Å²) in [5.74, 6) is -3.72. The van der Waals surface area contributed by atoms with Gasteiger partial charge in [0.25, 0.3) is 10.1 Å². The number of ether oxygens (including phenoxy) is 1. The Kier molecular flexibility index (Phi) is 6.35. The molecule has 7 atom stereocenters. The average molecular weight is 517 g/mol. The van der Waals surface area contributed by atoms with Crippen molar-refractivity contribution in [1.82, 2.24) is 0 Å². The fourth-order valence-electron chi connectivity index (χ4n) is 7.58. The molecule has 4 aliphatic rings. The second-order valence-corrected chi connectivity index (χ2v) is 12.7. The van der Waals surface area contributed by atoms with E-state index in [0.717, 1.165) is 5.57 Å². The van der Waals surface area contributed by atoms with Crippen molar-refractivity contribution in [3.05, 3.63) is 11.6 Å². The molecule has 0 aromatic heterocycles. The van der Waals surface area contributed by atoms with Crippen LogP contribution in [-0.4, -0.2) is 70.5 Å². The van der Waals surface area contributed by atoms with Crippen molar-refractivity contribution in [2.24, 2.45) is 22.7 Å². The first-order valence-electron chi connectivity index (χ1n) is 12.1. The Hall–Kier alpha value is -1.69. The third-order valence-electron chi connectivity index (χ3n) is 9.58. The Morgan fingerprint density at radius 1 is 1.17 bits per heavy atom. The number of rotatable bonds is 6. The van der Waals surface area contributed by atoms with Gasteiger partial charge in [-0.05, 0) is 50.5 Å². The molecule has 3 fully saturated rings. The summed E-state index contributed by atoms with van der Waals surface area (Å²) in [6.45, 7) is 2.64. The first-order valence-corrected chi connectivity index (χ1v) is 13.7. The third kappa shape index (κ3) is 3.89. The molecule has 0 aromatic carbocycles. The Labute approximate surface area is 203 Å². The van der Waals surface area contributed by atoms with Crippen LogP contribution in [0.2, 0.25) is 0 Å². The lowest BCUT2D eigenvalue weighted by molar-refractivity contribution is -0.227. The summed E-state index contributed by atoms with van der Waals surface area (Å²) in [5, 5.41) is 22.8. The summed E-state index contributed by atoms with van der Waals surface area (Å²) >= 11 is 0. The summed E-state index contributed by atoms with van der Waals surface area (Å²) in [6.07, 6.45) is 1.02. The number of hydrogen-bond donors (Lipinski definition) is 3. The summed E-state index contributed by atoms with van der Waals surface area (Å²) in [7, 11) is -4.37. The SMILES string of the molecule is C[C@]12CCC(=O)C=C1CC[C@H]1[C@@H]3CC[C@](O)(C(=O)COC(=O)CCS(=O)(=O)O)[C@@]3(C)CC(O)[C@@]12F. The maximum Gasteiger partial charge on any atom is 0.307 e. The first kappa shape index (κ1) is 26.4. The molecule has 35 heavy (non-hydrogen) atoms. The number of allylic oxidation sites excluding steroid dienone is 1. The van der Waals surface area contributed by atoms with Crippen molar-refractivity contribution in [3.8, 4) is 0 Å². The zero-order valence-corrected chi connectivity index (χ0v) is 20.8. The van der Waals surface area contributed by atoms with Crippen molar-refractivity contribution < 1.29 is 46.7 Å². The highest BCUT2D eigenvalue weighted by molar-refractivity contribution is 7.85. The molecule has 3 N–H and O–H groups in total. The van der Waals surface area contributed by atoms with Gasteiger partial charge in [0.15, 0.2) is 12.4 Å². The van der Waals surface area contributed by atoms with E-state index < -0.39 is 80.7 Å². The number of carbonyl (C=O) groups is 3. The number of alkyl halides is 1. The molecule has 0 amide bonds. The van der Waals surface area contributed by atoms with Gasteiger partial charge in [0.2, 0.25) is 5.78 Å². The largest absolute Gasteiger partial charge is 0.458 e. The van der Waals surface area contributed by atoms with Crippen molar-refractivity contribution >= 4 is 27.7 Å². The van der Waals surface area contributed by atoms with E-state index in [1.165, 1.54) is 6.08 Å². The van der Waals surface area contributed by atoms with Crippen LogP contribution in [-0.2, 0) is 29.2 Å².